The minimum Gasteiger partial charge on any atom is -0.343 e. The van der Waals surface area contributed by atoms with Crippen molar-refractivity contribution in [3.05, 3.63) is 13.8 Å². The fraction of sp³-hybridized carbons (Fsp3) is 0.750. The van der Waals surface area contributed by atoms with E-state index in [-0.39, 0.29) is 18.6 Å². The first-order valence-corrected chi connectivity index (χ1v) is 3.41. The quantitative estimate of drug-likeness (QED) is 0.551. The van der Waals surface area contributed by atoms with Gasteiger partial charge in [0.05, 0.1) is 0 Å². The van der Waals surface area contributed by atoms with E-state index in [4.69, 9.17) is 0 Å². The number of rotatable bonds is 2. The Morgan fingerprint density at radius 1 is 0.889 bits per heavy atom. The topological polar surface area (TPSA) is 0 Å². The van der Waals surface area contributed by atoms with Crippen molar-refractivity contribution < 1.29 is 18.6 Å². The smallest absolute Gasteiger partial charge is 0.343 e. The summed E-state index contributed by atoms with van der Waals surface area (Å²) in [6.07, 6.45) is 4.56. The monoisotopic (exact) mass is 165 g/mol. The molecule has 0 saturated carbocycles. The molecule has 0 aliphatic carbocycles. The van der Waals surface area contributed by atoms with E-state index in [1.165, 1.54) is 12.8 Å². The molecule has 0 aromatic heterocycles. The van der Waals surface area contributed by atoms with Gasteiger partial charge in [0.1, 0.15) is 0 Å². The average molecular weight is 165 g/mol. The van der Waals surface area contributed by atoms with Gasteiger partial charge in [-0.2, -0.15) is 12.8 Å². The van der Waals surface area contributed by atoms with Crippen LogP contribution in [0.2, 0.25) is 0 Å². The summed E-state index contributed by atoms with van der Waals surface area (Å²) in [5, 5.41) is 0. The maximum absolute atomic E-state index is 3.60. The largest absolute Gasteiger partial charge is 2.00 e. The van der Waals surface area contributed by atoms with Gasteiger partial charge in [0, 0.05) is 0 Å². The Balaban J connectivity index is -0.0000000720. The molecule has 0 aromatic carbocycles. The first-order chi connectivity index (χ1) is 3.83. The molecule has 0 amide bonds. The Kier molecular flexibility index (Phi) is 42.5. The van der Waals surface area contributed by atoms with E-state index >= 15 is 0 Å². The fourth-order valence-corrected chi connectivity index (χ4v) is 0. The van der Waals surface area contributed by atoms with E-state index in [9.17, 15) is 0 Å². The molecule has 0 bridgehead atoms. The summed E-state index contributed by atoms with van der Waals surface area (Å²) < 4.78 is 0. The van der Waals surface area contributed by atoms with Crippen LogP contribution in [0.4, 0.5) is 0 Å². The van der Waals surface area contributed by atoms with Crippen LogP contribution in [0.3, 0.4) is 0 Å². The number of hydrogen-bond donors (Lipinski definition) is 0. The van der Waals surface area contributed by atoms with Crippen molar-refractivity contribution >= 4 is 0 Å². The zero-order valence-corrected chi connectivity index (χ0v) is 8.09. The molecule has 0 heterocycles. The van der Waals surface area contributed by atoms with Crippen LogP contribution in [0.1, 0.15) is 39.5 Å². The Hall–Kier alpha value is 0.584. The molecule has 0 unspecified atom stereocenters. The molecule has 0 N–H and O–H groups in total. The fourth-order valence-electron chi connectivity index (χ4n) is 0. The zero-order valence-electron chi connectivity index (χ0n) is 6.69. The molecule has 0 nitrogen and oxygen atoms in total. The van der Waals surface area contributed by atoms with Crippen LogP contribution >= 0.6 is 0 Å². The second kappa shape index (κ2) is 23.5. The molecule has 0 atom stereocenters. The van der Waals surface area contributed by atoms with Crippen LogP contribution in [0.15, 0.2) is 0 Å². The predicted octanol–water partition coefficient (Wildman–Crippen LogP) is 3.24. The SMILES string of the molecule is [CH2-]CCC.[CH2-]CCC.[V+2]. The van der Waals surface area contributed by atoms with Crippen molar-refractivity contribution in [2.24, 2.45) is 0 Å². The third-order valence-electron chi connectivity index (χ3n) is 0.707. The van der Waals surface area contributed by atoms with Gasteiger partial charge in [0.2, 0.25) is 0 Å². The van der Waals surface area contributed by atoms with Gasteiger partial charge < -0.3 is 13.8 Å². The van der Waals surface area contributed by atoms with Gasteiger partial charge in [-0.25, -0.2) is 0 Å². The van der Waals surface area contributed by atoms with Crippen LogP contribution < -0.4 is 0 Å². The standard InChI is InChI=1S/2C4H9.V/c2*1-3-4-2;/h2*1,3-4H2,2H3;/q2*-1;+2. The number of unbranched alkanes of at least 4 members (excludes halogenated alkanes) is 2. The van der Waals surface area contributed by atoms with E-state index in [1.54, 1.807) is 0 Å². The Bertz CT molecular complexity index is 12.5. The van der Waals surface area contributed by atoms with Crippen LogP contribution in [0, 0.1) is 13.8 Å². The van der Waals surface area contributed by atoms with Crippen LogP contribution in [-0.4, -0.2) is 0 Å². The molecule has 0 aliphatic rings. The van der Waals surface area contributed by atoms with Gasteiger partial charge in [-0.1, -0.05) is 26.7 Å². The van der Waals surface area contributed by atoms with Crippen LogP contribution in [-0.2, 0) is 18.6 Å². The summed E-state index contributed by atoms with van der Waals surface area (Å²) in [7, 11) is 0. The van der Waals surface area contributed by atoms with E-state index in [0.29, 0.717) is 0 Å². The van der Waals surface area contributed by atoms with Crippen molar-refractivity contribution in [2.75, 3.05) is 0 Å². The molecule has 0 aliphatic heterocycles. The van der Waals surface area contributed by atoms with Gasteiger partial charge in [0.25, 0.3) is 0 Å². The Morgan fingerprint density at radius 2 is 1.00 bits per heavy atom. The molecule has 9 heavy (non-hydrogen) atoms. The molecular formula is C8H18V. The van der Waals surface area contributed by atoms with Gasteiger partial charge in [0.15, 0.2) is 0 Å². The summed E-state index contributed by atoms with van der Waals surface area (Å²) in [5.41, 5.74) is 0. The molecule has 1 radical (unpaired) electrons. The Morgan fingerprint density at radius 3 is 1.00 bits per heavy atom. The normalized spacial score (nSPS) is 6.67. The summed E-state index contributed by atoms with van der Waals surface area (Å²) in [5.74, 6) is 0. The molecule has 0 saturated heterocycles. The summed E-state index contributed by atoms with van der Waals surface area (Å²) in [6, 6.07) is 0. The summed E-state index contributed by atoms with van der Waals surface area (Å²) in [6.45, 7) is 11.4. The second-order valence-electron chi connectivity index (χ2n) is 1.71. The predicted molar refractivity (Wildman–Crippen MR) is 40.5 cm³/mol. The first kappa shape index (κ1) is 16.3. The maximum Gasteiger partial charge on any atom is 2.00 e. The van der Waals surface area contributed by atoms with Crippen LogP contribution in [0.25, 0.3) is 0 Å². The number of hydrogen-bond acceptors (Lipinski definition) is 0. The van der Waals surface area contributed by atoms with Crippen LogP contribution in [0.5, 0.6) is 0 Å². The van der Waals surface area contributed by atoms with E-state index in [1.807, 2.05) is 0 Å². The minimum atomic E-state index is 0. The second-order valence-corrected chi connectivity index (χ2v) is 1.71. The van der Waals surface area contributed by atoms with Gasteiger partial charge in [-0.3, -0.25) is 0 Å². The van der Waals surface area contributed by atoms with E-state index in [0.717, 1.165) is 12.8 Å². The molecule has 0 rings (SSSR count). The van der Waals surface area contributed by atoms with Gasteiger partial charge >= 0.3 is 18.6 Å². The van der Waals surface area contributed by atoms with Gasteiger partial charge in [-0.15, -0.1) is 0 Å². The molecular weight excluding hydrogens is 147 g/mol. The molecule has 0 spiro atoms. The van der Waals surface area contributed by atoms with E-state index in [2.05, 4.69) is 27.7 Å². The summed E-state index contributed by atoms with van der Waals surface area (Å²) in [4.78, 5) is 0. The maximum atomic E-state index is 3.60. The molecule has 55 valence electrons. The molecule has 1 heteroatoms. The first-order valence-electron chi connectivity index (χ1n) is 3.41. The van der Waals surface area contributed by atoms with E-state index < -0.39 is 0 Å². The van der Waals surface area contributed by atoms with Crippen molar-refractivity contribution in [2.45, 2.75) is 39.5 Å². The third kappa shape index (κ3) is 55.7. The molecule has 0 fully saturated rings. The summed E-state index contributed by atoms with van der Waals surface area (Å²) >= 11 is 0. The van der Waals surface area contributed by atoms with Gasteiger partial charge in [-0.05, 0) is 0 Å². The average Bonchev–Trinajstić information content (AvgIpc) is 1.88. The van der Waals surface area contributed by atoms with Crippen molar-refractivity contribution in [3.63, 3.8) is 0 Å². The zero-order chi connectivity index (χ0) is 6.83. The Labute approximate surface area is 72.3 Å². The van der Waals surface area contributed by atoms with Crippen molar-refractivity contribution in [3.8, 4) is 0 Å². The van der Waals surface area contributed by atoms with Crippen molar-refractivity contribution in [1.82, 2.24) is 0 Å². The minimum absolute atomic E-state index is 0. The third-order valence-corrected chi connectivity index (χ3v) is 0.707. The molecule has 0 aromatic rings. The van der Waals surface area contributed by atoms with Crippen molar-refractivity contribution in [1.29, 1.82) is 0 Å².